The van der Waals surface area contributed by atoms with E-state index in [9.17, 15) is 18.0 Å². The molecular weight excluding hydrogens is 419 g/mol. The molecular formula is C21H19ClF3N3O2. The van der Waals surface area contributed by atoms with Gasteiger partial charge in [0.25, 0.3) is 0 Å². The maximum absolute atomic E-state index is 12.6. The van der Waals surface area contributed by atoms with Crippen molar-refractivity contribution in [3.8, 4) is 11.4 Å². The van der Waals surface area contributed by atoms with Gasteiger partial charge in [-0.05, 0) is 50.2 Å². The van der Waals surface area contributed by atoms with Gasteiger partial charge in [0.2, 0.25) is 5.91 Å². The van der Waals surface area contributed by atoms with Crippen LogP contribution in [0.15, 0.2) is 48.5 Å². The topological polar surface area (TPSA) is 56.2 Å². The molecule has 0 radical (unpaired) electrons. The summed E-state index contributed by atoms with van der Waals surface area (Å²) in [6.45, 7) is 2.20. The van der Waals surface area contributed by atoms with Crippen LogP contribution in [-0.2, 0) is 11.2 Å². The quantitative estimate of drug-likeness (QED) is 0.572. The number of para-hydroxylation sites is 2. The van der Waals surface area contributed by atoms with E-state index in [-0.39, 0.29) is 23.8 Å². The average Bonchev–Trinajstić information content (AvgIpc) is 2.95. The highest BCUT2D eigenvalue weighted by molar-refractivity contribution is 6.30. The summed E-state index contributed by atoms with van der Waals surface area (Å²) in [4.78, 5) is 12.6. The lowest BCUT2D eigenvalue weighted by Gasteiger charge is -2.14. The lowest BCUT2D eigenvalue weighted by Crippen LogP contribution is -2.21. The van der Waals surface area contributed by atoms with Gasteiger partial charge < -0.3 is 10.1 Å². The van der Waals surface area contributed by atoms with Crippen LogP contribution >= 0.6 is 11.6 Å². The van der Waals surface area contributed by atoms with Crippen LogP contribution in [0.5, 0.6) is 5.75 Å². The number of nitrogens with zero attached hydrogens (tertiary/aromatic N) is 2. The Morgan fingerprint density at radius 2 is 1.80 bits per heavy atom. The van der Waals surface area contributed by atoms with Crippen molar-refractivity contribution in [3.05, 3.63) is 70.5 Å². The molecule has 9 heteroatoms. The molecule has 0 fully saturated rings. The van der Waals surface area contributed by atoms with Gasteiger partial charge in [-0.15, -0.1) is 0 Å². The van der Waals surface area contributed by atoms with Gasteiger partial charge in [0.05, 0.1) is 23.5 Å². The summed E-state index contributed by atoms with van der Waals surface area (Å²) in [5.74, 6) is -0.437. The molecule has 0 spiro atoms. The second-order valence-electron chi connectivity index (χ2n) is 6.66. The van der Waals surface area contributed by atoms with Crippen molar-refractivity contribution in [2.45, 2.75) is 26.4 Å². The maximum atomic E-state index is 12.6. The van der Waals surface area contributed by atoms with Crippen molar-refractivity contribution in [1.82, 2.24) is 9.78 Å². The first-order chi connectivity index (χ1) is 14.1. The lowest BCUT2D eigenvalue weighted by molar-refractivity contribution is -0.153. The summed E-state index contributed by atoms with van der Waals surface area (Å²) in [7, 11) is 0. The zero-order valence-corrected chi connectivity index (χ0v) is 17.0. The molecule has 3 rings (SSSR count). The molecule has 0 aliphatic heterocycles. The van der Waals surface area contributed by atoms with E-state index < -0.39 is 12.8 Å². The van der Waals surface area contributed by atoms with Crippen LogP contribution in [0.3, 0.4) is 0 Å². The number of nitrogens with one attached hydrogen (secondary N) is 1. The predicted molar refractivity (Wildman–Crippen MR) is 108 cm³/mol. The number of aromatic nitrogens is 2. The molecule has 0 unspecified atom stereocenters. The summed E-state index contributed by atoms with van der Waals surface area (Å²) in [6, 6.07) is 13.1. The molecule has 0 atom stereocenters. The van der Waals surface area contributed by atoms with E-state index >= 15 is 0 Å². The third-order valence-electron chi connectivity index (χ3n) is 4.40. The highest BCUT2D eigenvalue weighted by Crippen LogP contribution is 2.27. The minimum absolute atomic E-state index is 0.0128. The Labute approximate surface area is 176 Å². The zero-order valence-electron chi connectivity index (χ0n) is 16.3. The molecule has 1 aromatic heterocycles. The highest BCUT2D eigenvalue weighted by atomic mass is 35.5. The van der Waals surface area contributed by atoms with Gasteiger partial charge in [0.15, 0.2) is 6.61 Å². The normalized spacial score (nSPS) is 11.4. The van der Waals surface area contributed by atoms with Crippen molar-refractivity contribution in [2.24, 2.45) is 0 Å². The standard InChI is InChI=1S/C21H19ClF3N3O2/c1-13-17(14(2)28(27-13)16-9-7-15(22)8-10-16)11-20(29)26-18-5-3-4-6-19(18)30-12-21(23,24)25/h3-10H,11-12H2,1-2H3,(H,26,29). The number of hydrogen-bond donors (Lipinski definition) is 1. The Bertz CT molecular complexity index is 1050. The Kier molecular flexibility index (Phi) is 6.36. The summed E-state index contributed by atoms with van der Waals surface area (Å²) in [5.41, 5.74) is 3.17. The van der Waals surface area contributed by atoms with Crippen molar-refractivity contribution in [2.75, 3.05) is 11.9 Å². The Balaban J connectivity index is 1.75. The third kappa shape index (κ3) is 5.33. The minimum atomic E-state index is -4.47. The van der Waals surface area contributed by atoms with E-state index in [2.05, 4.69) is 10.4 Å². The van der Waals surface area contributed by atoms with Crippen LogP contribution in [0, 0.1) is 13.8 Å². The van der Waals surface area contributed by atoms with Gasteiger partial charge in [0, 0.05) is 16.3 Å². The average molecular weight is 438 g/mol. The van der Waals surface area contributed by atoms with E-state index in [1.807, 2.05) is 19.1 Å². The molecule has 30 heavy (non-hydrogen) atoms. The summed E-state index contributed by atoms with van der Waals surface area (Å²) >= 11 is 5.93. The fourth-order valence-corrected chi connectivity index (χ4v) is 3.10. The number of aryl methyl sites for hydroxylation is 1. The largest absolute Gasteiger partial charge is 0.482 e. The number of carbonyl (C=O) groups excluding carboxylic acids is 1. The van der Waals surface area contributed by atoms with Crippen molar-refractivity contribution < 1.29 is 22.7 Å². The van der Waals surface area contributed by atoms with E-state index in [1.165, 1.54) is 18.2 Å². The predicted octanol–water partition coefficient (Wildman–Crippen LogP) is 5.26. The SMILES string of the molecule is Cc1nn(-c2ccc(Cl)cc2)c(C)c1CC(=O)Nc1ccccc1OCC(F)(F)F. The van der Waals surface area contributed by atoms with Crippen LogP contribution < -0.4 is 10.1 Å². The Hall–Kier alpha value is -3.00. The fourth-order valence-electron chi connectivity index (χ4n) is 2.97. The van der Waals surface area contributed by atoms with E-state index in [1.54, 1.807) is 29.8 Å². The smallest absolute Gasteiger partial charge is 0.422 e. The second kappa shape index (κ2) is 8.79. The summed E-state index contributed by atoms with van der Waals surface area (Å²) in [6.07, 6.45) is -4.46. The summed E-state index contributed by atoms with van der Waals surface area (Å²) < 4.78 is 43.9. The molecule has 2 aromatic carbocycles. The minimum Gasteiger partial charge on any atom is -0.482 e. The number of ether oxygens (including phenoxy) is 1. The molecule has 158 valence electrons. The number of carbonyl (C=O) groups is 1. The first-order valence-electron chi connectivity index (χ1n) is 9.03. The zero-order chi connectivity index (χ0) is 21.9. The Morgan fingerprint density at radius 1 is 1.13 bits per heavy atom. The van der Waals surface area contributed by atoms with Gasteiger partial charge in [0.1, 0.15) is 5.75 Å². The number of hydrogen-bond acceptors (Lipinski definition) is 3. The summed E-state index contributed by atoms with van der Waals surface area (Å²) in [5, 5.41) is 7.71. The number of anilines is 1. The van der Waals surface area contributed by atoms with Gasteiger partial charge in [-0.3, -0.25) is 4.79 Å². The van der Waals surface area contributed by atoms with Crippen LogP contribution in [-0.4, -0.2) is 28.5 Å². The first kappa shape index (κ1) is 21.7. The van der Waals surface area contributed by atoms with Crippen molar-refractivity contribution in [3.63, 3.8) is 0 Å². The fraction of sp³-hybridized carbons (Fsp3) is 0.238. The molecule has 0 aliphatic rings. The van der Waals surface area contributed by atoms with Gasteiger partial charge in [-0.1, -0.05) is 23.7 Å². The Morgan fingerprint density at radius 3 is 2.47 bits per heavy atom. The number of amides is 1. The number of rotatable bonds is 6. The third-order valence-corrected chi connectivity index (χ3v) is 4.65. The molecule has 0 saturated heterocycles. The number of halogens is 4. The first-order valence-corrected chi connectivity index (χ1v) is 9.41. The molecule has 0 aliphatic carbocycles. The maximum Gasteiger partial charge on any atom is 0.422 e. The highest BCUT2D eigenvalue weighted by Gasteiger charge is 2.29. The molecule has 1 heterocycles. The molecule has 1 amide bonds. The van der Waals surface area contributed by atoms with Gasteiger partial charge in [-0.2, -0.15) is 18.3 Å². The van der Waals surface area contributed by atoms with Crippen LogP contribution in [0.4, 0.5) is 18.9 Å². The molecule has 0 bridgehead atoms. The van der Waals surface area contributed by atoms with Crippen molar-refractivity contribution in [1.29, 1.82) is 0 Å². The number of benzene rings is 2. The lowest BCUT2D eigenvalue weighted by atomic mass is 10.1. The van der Waals surface area contributed by atoms with Crippen LogP contribution in [0.2, 0.25) is 5.02 Å². The van der Waals surface area contributed by atoms with Crippen molar-refractivity contribution >= 4 is 23.2 Å². The molecule has 1 N–H and O–H groups in total. The molecule has 5 nitrogen and oxygen atoms in total. The van der Waals surface area contributed by atoms with E-state index in [0.29, 0.717) is 10.7 Å². The van der Waals surface area contributed by atoms with Gasteiger partial charge >= 0.3 is 6.18 Å². The van der Waals surface area contributed by atoms with Gasteiger partial charge in [-0.25, -0.2) is 4.68 Å². The van der Waals surface area contributed by atoms with Crippen LogP contribution in [0.1, 0.15) is 17.0 Å². The van der Waals surface area contributed by atoms with E-state index in [4.69, 9.17) is 16.3 Å². The second-order valence-corrected chi connectivity index (χ2v) is 7.10. The molecule has 0 saturated carbocycles. The van der Waals surface area contributed by atoms with E-state index in [0.717, 1.165) is 16.9 Å². The molecule has 3 aromatic rings. The van der Waals surface area contributed by atoms with Crippen LogP contribution in [0.25, 0.3) is 5.69 Å². The monoisotopic (exact) mass is 437 g/mol. The number of alkyl halides is 3.